The maximum atomic E-state index is 12.2. The molecule has 2 amide bonds. The monoisotopic (exact) mass is 377 g/mol. The summed E-state index contributed by atoms with van der Waals surface area (Å²) in [6.07, 6.45) is 0.979. The van der Waals surface area contributed by atoms with E-state index in [1.54, 1.807) is 11.0 Å². The van der Waals surface area contributed by atoms with Crippen molar-refractivity contribution >= 4 is 27.8 Å². The Morgan fingerprint density at radius 1 is 1.43 bits per heavy atom. The van der Waals surface area contributed by atoms with Crippen LogP contribution in [-0.4, -0.2) is 29.2 Å². The number of rotatable bonds is 4. The molecule has 0 saturated carbocycles. The van der Waals surface area contributed by atoms with Crippen LogP contribution >= 0.6 is 15.9 Å². The van der Waals surface area contributed by atoms with E-state index < -0.39 is 0 Å². The smallest absolute Gasteiger partial charge is 0.323 e. The minimum absolute atomic E-state index is 0.114. The Balaban J connectivity index is 1.49. The van der Waals surface area contributed by atoms with Gasteiger partial charge in [-0.2, -0.15) is 0 Å². The van der Waals surface area contributed by atoms with Gasteiger partial charge in [0.15, 0.2) is 5.82 Å². The molecule has 0 aliphatic carbocycles. The zero-order valence-corrected chi connectivity index (χ0v) is 14.8. The van der Waals surface area contributed by atoms with Gasteiger partial charge in [-0.1, -0.05) is 53.1 Å². The van der Waals surface area contributed by atoms with Gasteiger partial charge in [-0.25, -0.2) is 4.79 Å². The quantitative estimate of drug-likeness (QED) is 0.865. The molecule has 0 unspecified atom stereocenters. The summed E-state index contributed by atoms with van der Waals surface area (Å²) in [6.45, 7) is 5.58. The molecule has 1 aromatic carbocycles. The van der Waals surface area contributed by atoms with Crippen LogP contribution in [0.5, 0.6) is 0 Å². The van der Waals surface area contributed by atoms with E-state index in [-0.39, 0.29) is 11.9 Å². The molecule has 0 bridgehead atoms. The molecule has 1 N–H and O–H groups in total. The fourth-order valence-electron chi connectivity index (χ4n) is 2.65. The molecule has 0 radical (unpaired) electrons. The number of hydrogen-bond acceptors (Lipinski definition) is 3. The number of carbonyl (C=O) groups is 1. The number of anilines is 1. The van der Waals surface area contributed by atoms with Crippen LogP contribution in [0.4, 0.5) is 10.6 Å². The molecule has 1 saturated heterocycles. The second-order valence-corrected chi connectivity index (χ2v) is 7.12. The van der Waals surface area contributed by atoms with Crippen molar-refractivity contribution in [3.05, 3.63) is 46.1 Å². The Morgan fingerprint density at radius 3 is 2.83 bits per heavy atom. The SMILES string of the molecule is CC(C)c1cc(NC(=O)N2CC(Cc3ccccc3Br)C2)no1. The van der Waals surface area contributed by atoms with E-state index in [1.165, 1.54) is 5.56 Å². The predicted molar refractivity (Wildman–Crippen MR) is 92.5 cm³/mol. The summed E-state index contributed by atoms with van der Waals surface area (Å²) in [5.41, 5.74) is 1.29. The van der Waals surface area contributed by atoms with Crippen LogP contribution in [0.25, 0.3) is 0 Å². The fraction of sp³-hybridized carbons (Fsp3) is 0.412. The van der Waals surface area contributed by atoms with Crippen molar-refractivity contribution in [2.75, 3.05) is 18.4 Å². The van der Waals surface area contributed by atoms with Crippen molar-refractivity contribution in [3.63, 3.8) is 0 Å². The van der Waals surface area contributed by atoms with Crippen molar-refractivity contribution < 1.29 is 9.32 Å². The van der Waals surface area contributed by atoms with Crippen molar-refractivity contribution in [2.24, 2.45) is 5.92 Å². The van der Waals surface area contributed by atoms with Gasteiger partial charge < -0.3 is 9.42 Å². The van der Waals surface area contributed by atoms with Gasteiger partial charge in [-0.3, -0.25) is 5.32 Å². The lowest BCUT2D eigenvalue weighted by Crippen LogP contribution is -2.52. The maximum Gasteiger partial charge on any atom is 0.323 e. The van der Waals surface area contributed by atoms with Gasteiger partial charge in [0.25, 0.3) is 0 Å². The number of aromatic nitrogens is 1. The number of hydrogen-bond donors (Lipinski definition) is 1. The Hall–Kier alpha value is -1.82. The van der Waals surface area contributed by atoms with E-state index in [0.717, 1.165) is 29.7 Å². The lowest BCUT2D eigenvalue weighted by Gasteiger charge is -2.39. The average molecular weight is 378 g/mol. The molecule has 2 heterocycles. The van der Waals surface area contributed by atoms with Crippen molar-refractivity contribution in [3.8, 4) is 0 Å². The fourth-order valence-corrected chi connectivity index (χ4v) is 3.10. The number of carbonyl (C=O) groups excluding carboxylic acids is 1. The molecule has 3 rings (SSSR count). The normalized spacial score (nSPS) is 14.9. The van der Waals surface area contributed by atoms with Gasteiger partial charge in [0.2, 0.25) is 0 Å². The third-order valence-corrected chi connectivity index (χ3v) is 4.82. The zero-order chi connectivity index (χ0) is 16.4. The molecule has 1 aliphatic heterocycles. The van der Waals surface area contributed by atoms with E-state index in [9.17, 15) is 4.79 Å². The van der Waals surface area contributed by atoms with Crippen LogP contribution in [0.1, 0.15) is 31.1 Å². The van der Waals surface area contributed by atoms with Crippen LogP contribution in [0.15, 0.2) is 39.3 Å². The number of nitrogens with zero attached hydrogens (tertiary/aromatic N) is 2. The molecular weight excluding hydrogens is 358 g/mol. The molecule has 0 spiro atoms. The molecule has 0 atom stereocenters. The van der Waals surface area contributed by atoms with Crippen LogP contribution in [0, 0.1) is 5.92 Å². The summed E-state index contributed by atoms with van der Waals surface area (Å²) in [6, 6.07) is 9.89. The molecule has 6 heteroatoms. The van der Waals surface area contributed by atoms with E-state index in [2.05, 4.69) is 38.5 Å². The summed E-state index contributed by atoms with van der Waals surface area (Å²) in [5, 5.41) is 6.66. The third kappa shape index (κ3) is 3.75. The maximum absolute atomic E-state index is 12.2. The first-order chi connectivity index (χ1) is 11.0. The third-order valence-electron chi connectivity index (χ3n) is 4.04. The predicted octanol–water partition coefficient (Wildman–Crippen LogP) is 4.27. The minimum Gasteiger partial charge on any atom is -0.359 e. The Bertz CT molecular complexity index is 693. The van der Waals surface area contributed by atoms with Gasteiger partial charge in [0.05, 0.1) is 0 Å². The largest absolute Gasteiger partial charge is 0.359 e. The molecule has 1 aromatic heterocycles. The summed E-state index contributed by atoms with van der Waals surface area (Å²) >= 11 is 3.57. The van der Waals surface area contributed by atoms with Crippen molar-refractivity contribution in [2.45, 2.75) is 26.2 Å². The number of amides is 2. The second kappa shape index (κ2) is 6.74. The highest BCUT2D eigenvalue weighted by Crippen LogP contribution is 2.25. The summed E-state index contributed by atoms with van der Waals surface area (Å²) in [4.78, 5) is 14.0. The Morgan fingerprint density at radius 2 is 2.17 bits per heavy atom. The van der Waals surface area contributed by atoms with Gasteiger partial charge >= 0.3 is 6.03 Å². The van der Waals surface area contributed by atoms with Crippen molar-refractivity contribution in [1.82, 2.24) is 10.1 Å². The summed E-state index contributed by atoms with van der Waals surface area (Å²) in [5.74, 6) is 2.01. The highest BCUT2D eigenvalue weighted by Gasteiger charge is 2.31. The first-order valence-corrected chi connectivity index (χ1v) is 8.58. The number of nitrogens with one attached hydrogen (secondary N) is 1. The zero-order valence-electron chi connectivity index (χ0n) is 13.3. The van der Waals surface area contributed by atoms with Crippen LogP contribution in [-0.2, 0) is 6.42 Å². The van der Waals surface area contributed by atoms with Crippen LogP contribution in [0.2, 0.25) is 0 Å². The molecule has 1 fully saturated rings. The number of likely N-dealkylation sites (tertiary alicyclic amines) is 1. The first kappa shape index (κ1) is 16.1. The van der Waals surface area contributed by atoms with Crippen LogP contribution in [0.3, 0.4) is 0 Å². The average Bonchev–Trinajstić information content (AvgIpc) is 2.92. The van der Waals surface area contributed by atoms with E-state index in [0.29, 0.717) is 11.7 Å². The van der Waals surface area contributed by atoms with Crippen LogP contribution < -0.4 is 5.32 Å². The highest BCUT2D eigenvalue weighted by atomic mass is 79.9. The molecule has 5 nitrogen and oxygen atoms in total. The van der Waals surface area contributed by atoms with Gasteiger partial charge in [-0.15, -0.1) is 0 Å². The summed E-state index contributed by atoms with van der Waals surface area (Å²) < 4.78 is 6.31. The van der Waals surface area contributed by atoms with Gasteiger partial charge in [0.1, 0.15) is 5.76 Å². The van der Waals surface area contributed by atoms with E-state index >= 15 is 0 Å². The van der Waals surface area contributed by atoms with E-state index in [1.807, 2.05) is 26.0 Å². The Labute approximate surface area is 144 Å². The number of urea groups is 1. The standard InChI is InChI=1S/C17H20BrN3O2/c1-11(2)15-8-16(20-23-15)19-17(22)21-9-12(10-21)7-13-5-3-4-6-14(13)18/h3-6,8,11-12H,7,9-10H2,1-2H3,(H,19,20,22). The first-order valence-electron chi connectivity index (χ1n) is 7.79. The van der Waals surface area contributed by atoms with Gasteiger partial charge in [0, 0.05) is 29.5 Å². The lowest BCUT2D eigenvalue weighted by molar-refractivity contribution is 0.131. The molecule has 1 aliphatic rings. The Kier molecular flexibility index (Phi) is 4.71. The highest BCUT2D eigenvalue weighted by molar-refractivity contribution is 9.10. The van der Waals surface area contributed by atoms with E-state index in [4.69, 9.17) is 4.52 Å². The second-order valence-electron chi connectivity index (χ2n) is 6.27. The molecule has 2 aromatic rings. The number of halogens is 1. The molecule has 23 heavy (non-hydrogen) atoms. The minimum atomic E-state index is -0.114. The lowest BCUT2D eigenvalue weighted by atomic mass is 9.92. The summed E-state index contributed by atoms with van der Waals surface area (Å²) in [7, 11) is 0. The van der Waals surface area contributed by atoms with Gasteiger partial charge in [-0.05, 0) is 24.0 Å². The topological polar surface area (TPSA) is 58.4 Å². The number of benzene rings is 1. The molecular formula is C17H20BrN3O2. The molecule has 122 valence electrons. The van der Waals surface area contributed by atoms with Crippen molar-refractivity contribution in [1.29, 1.82) is 0 Å².